The summed E-state index contributed by atoms with van der Waals surface area (Å²) in [7, 11) is 0. The SMILES string of the molecule is CCN(CC(=O)O)C1CCN(C(=O)C2CCN(c3ccc(F)cc3)C2=O)CC1. The Morgan fingerprint density at radius 3 is 2.36 bits per heavy atom. The van der Waals surface area contributed by atoms with Crippen LogP contribution in [0.2, 0.25) is 0 Å². The summed E-state index contributed by atoms with van der Waals surface area (Å²) in [6, 6.07) is 5.85. The number of hydrogen-bond donors (Lipinski definition) is 1. The van der Waals surface area contributed by atoms with Gasteiger partial charge >= 0.3 is 5.97 Å². The van der Waals surface area contributed by atoms with E-state index in [1.54, 1.807) is 21.9 Å². The fourth-order valence-electron chi connectivity index (χ4n) is 4.13. The van der Waals surface area contributed by atoms with E-state index < -0.39 is 11.9 Å². The minimum absolute atomic E-state index is 0.00283. The van der Waals surface area contributed by atoms with Crippen molar-refractivity contribution in [3.8, 4) is 0 Å². The third kappa shape index (κ3) is 4.32. The van der Waals surface area contributed by atoms with Gasteiger partial charge in [-0.3, -0.25) is 19.3 Å². The molecule has 1 atom stereocenters. The molecule has 2 fully saturated rings. The Morgan fingerprint density at radius 2 is 1.79 bits per heavy atom. The second kappa shape index (κ2) is 8.68. The van der Waals surface area contributed by atoms with Gasteiger partial charge in [-0.2, -0.15) is 0 Å². The number of nitrogens with zero attached hydrogens (tertiary/aromatic N) is 3. The zero-order chi connectivity index (χ0) is 20.3. The van der Waals surface area contributed by atoms with Gasteiger partial charge in [0.2, 0.25) is 11.8 Å². The molecular formula is C20H26FN3O4. The highest BCUT2D eigenvalue weighted by Gasteiger charge is 2.40. The van der Waals surface area contributed by atoms with Crippen LogP contribution in [0.4, 0.5) is 10.1 Å². The molecule has 2 aliphatic rings. The van der Waals surface area contributed by atoms with Gasteiger partial charge in [0.25, 0.3) is 0 Å². The van der Waals surface area contributed by atoms with Crippen molar-refractivity contribution in [2.24, 2.45) is 5.92 Å². The Morgan fingerprint density at radius 1 is 1.14 bits per heavy atom. The van der Waals surface area contributed by atoms with E-state index in [1.165, 1.54) is 12.1 Å². The number of aliphatic carboxylic acids is 1. The van der Waals surface area contributed by atoms with Gasteiger partial charge in [0, 0.05) is 31.4 Å². The van der Waals surface area contributed by atoms with Crippen molar-refractivity contribution < 1.29 is 23.9 Å². The van der Waals surface area contributed by atoms with Crippen molar-refractivity contribution in [2.75, 3.05) is 37.6 Å². The molecule has 2 amide bonds. The Bertz CT molecular complexity index is 731. The van der Waals surface area contributed by atoms with E-state index in [4.69, 9.17) is 5.11 Å². The van der Waals surface area contributed by atoms with Gasteiger partial charge in [0.15, 0.2) is 0 Å². The van der Waals surface area contributed by atoms with Gasteiger partial charge < -0.3 is 14.9 Å². The number of carbonyl (C=O) groups excluding carboxylic acids is 2. The van der Waals surface area contributed by atoms with E-state index >= 15 is 0 Å². The third-order valence-corrected chi connectivity index (χ3v) is 5.68. The molecule has 28 heavy (non-hydrogen) atoms. The van der Waals surface area contributed by atoms with Gasteiger partial charge in [-0.15, -0.1) is 0 Å². The molecule has 0 spiro atoms. The maximum absolute atomic E-state index is 13.1. The first-order valence-corrected chi connectivity index (χ1v) is 9.72. The highest BCUT2D eigenvalue weighted by atomic mass is 19.1. The largest absolute Gasteiger partial charge is 0.480 e. The zero-order valence-corrected chi connectivity index (χ0v) is 16.0. The quantitative estimate of drug-likeness (QED) is 0.745. The van der Waals surface area contributed by atoms with Gasteiger partial charge in [-0.05, 0) is 50.1 Å². The Balaban J connectivity index is 1.57. The molecule has 3 rings (SSSR count). The molecule has 1 aromatic carbocycles. The van der Waals surface area contributed by atoms with Crippen molar-refractivity contribution in [3.05, 3.63) is 30.1 Å². The minimum atomic E-state index is -0.849. The zero-order valence-electron chi connectivity index (χ0n) is 16.0. The molecule has 0 aromatic heterocycles. The fourth-order valence-corrected chi connectivity index (χ4v) is 4.13. The summed E-state index contributed by atoms with van der Waals surface area (Å²) in [5.41, 5.74) is 0.604. The molecule has 0 saturated carbocycles. The average Bonchev–Trinajstić information content (AvgIpc) is 3.07. The molecule has 8 heteroatoms. The number of carboxylic acid groups (broad SMARTS) is 1. The van der Waals surface area contributed by atoms with Crippen LogP contribution in [0.5, 0.6) is 0 Å². The number of rotatable bonds is 6. The van der Waals surface area contributed by atoms with E-state index in [1.807, 2.05) is 11.8 Å². The monoisotopic (exact) mass is 391 g/mol. The van der Waals surface area contributed by atoms with Gasteiger partial charge in [-0.1, -0.05) is 6.92 Å². The van der Waals surface area contributed by atoms with Crippen LogP contribution in [0.1, 0.15) is 26.2 Å². The topological polar surface area (TPSA) is 81.2 Å². The molecule has 152 valence electrons. The molecule has 7 nitrogen and oxygen atoms in total. The number of benzene rings is 1. The lowest BCUT2D eigenvalue weighted by Gasteiger charge is -2.38. The maximum Gasteiger partial charge on any atom is 0.317 e. The van der Waals surface area contributed by atoms with E-state index in [2.05, 4.69) is 0 Å². The highest BCUT2D eigenvalue weighted by Crippen LogP contribution is 2.28. The fraction of sp³-hybridized carbons (Fsp3) is 0.550. The summed E-state index contributed by atoms with van der Waals surface area (Å²) in [5.74, 6) is -2.30. The first-order chi connectivity index (χ1) is 13.4. The predicted molar refractivity (Wildman–Crippen MR) is 101 cm³/mol. The van der Waals surface area contributed by atoms with Crippen molar-refractivity contribution >= 4 is 23.5 Å². The second-order valence-electron chi connectivity index (χ2n) is 7.32. The molecule has 1 N–H and O–H groups in total. The summed E-state index contributed by atoms with van der Waals surface area (Å²) < 4.78 is 13.1. The third-order valence-electron chi connectivity index (χ3n) is 5.68. The highest BCUT2D eigenvalue weighted by molar-refractivity contribution is 6.09. The molecule has 2 saturated heterocycles. The van der Waals surface area contributed by atoms with Crippen LogP contribution >= 0.6 is 0 Å². The molecular weight excluding hydrogens is 365 g/mol. The second-order valence-corrected chi connectivity index (χ2v) is 7.32. The summed E-state index contributed by atoms with van der Waals surface area (Å²) in [4.78, 5) is 41.8. The van der Waals surface area contributed by atoms with Crippen LogP contribution in [-0.4, -0.2) is 71.5 Å². The number of hydrogen-bond acceptors (Lipinski definition) is 4. The number of piperidine rings is 1. The van der Waals surface area contributed by atoms with E-state index in [9.17, 15) is 18.8 Å². The number of anilines is 1. The van der Waals surface area contributed by atoms with Crippen molar-refractivity contribution in [1.82, 2.24) is 9.80 Å². The first kappa shape index (κ1) is 20.3. The lowest BCUT2D eigenvalue weighted by molar-refractivity contribution is -0.143. The van der Waals surface area contributed by atoms with Gasteiger partial charge in [0.1, 0.15) is 11.7 Å². The number of likely N-dealkylation sites (tertiary alicyclic amines) is 1. The van der Waals surface area contributed by atoms with Crippen LogP contribution in [0.15, 0.2) is 24.3 Å². The lowest BCUT2D eigenvalue weighted by atomic mass is 10.00. The first-order valence-electron chi connectivity index (χ1n) is 9.72. The summed E-state index contributed by atoms with van der Waals surface area (Å²) in [5, 5.41) is 9.02. The summed E-state index contributed by atoms with van der Waals surface area (Å²) in [6.45, 7) is 4.09. The van der Waals surface area contributed by atoms with Gasteiger partial charge in [-0.25, -0.2) is 4.39 Å². The van der Waals surface area contributed by atoms with Crippen LogP contribution in [0.25, 0.3) is 0 Å². The number of carbonyl (C=O) groups is 3. The average molecular weight is 391 g/mol. The Labute approximate surface area is 163 Å². The maximum atomic E-state index is 13.1. The molecule has 2 heterocycles. The number of halogens is 1. The van der Waals surface area contributed by atoms with Crippen molar-refractivity contribution in [1.29, 1.82) is 0 Å². The Kier molecular flexibility index (Phi) is 6.28. The molecule has 0 bridgehead atoms. The number of carboxylic acids is 1. The number of amides is 2. The molecule has 0 aliphatic carbocycles. The normalized spacial score (nSPS) is 20.8. The predicted octanol–water partition coefficient (Wildman–Crippen LogP) is 1.58. The van der Waals surface area contributed by atoms with Crippen LogP contribution in [0, 0.1) is 11.7 Å². The smallest absolute Gasteiger partial charge is 0.317 e. The molecule has 1 aromatic rings. The van der Waals surface area contributed by atoms with E-state index in [-0.39, 0.29) is 30.2 Å². The van der Waals surface area contributed by atoms with E-state index in [0.717, 1.165) is 0 Å². The number of likely N-dealkylation sites (N-methyl/N-ethyl adjacent to an activating group) is 1. The van der Waals surface area contributed by atoms with Crippen LogP contribution in [-0.2, 0) is 14.4 Å². The lowest BCUT2D eigenvalue weighted by Crippen LogP contribution is -2.50. The summed E-state index contributed by atoms with van der Waals surface area (Å²) >= 11 is 0. The van der Waals surface area contributed by atoms with Crippen molar-refractivity contribution in [2.45, 2.75) is 32.2 Å². The van der Waals surface area contributed by atoms with Crippen LogP contribution in [0.3, 0.4) is 0 Å². The molecule has 1 unspecified atom stereocenters. The molecule has 0 radical (unpaired) electrons. The summed E-state index contributed by atoms with van der Waals surface area (Å²) in [6.07, 6.45) is 1.86. The van der Waals surface area contributed by atoms with E-state index in [0.29, 0.717) is 51.1 Å². The minimum Gasteiger partial charge on any atom is -0.480 e. The van der Waals surface area contributed by atoms with Gasteiger partial charge in [0.05, 0.1) is 6.54 Å². The standard InChI is InChI=1S/C20H26FN3O4/c1-2-22(13-18(25)26)15-7-10-23(11-8-15)19(27)17-9-12-24(20(17)28)16-5-3-14(21)4-6-16/h3-6,15,17H,2,7-13H2,1H3,(H,25,26). The van der Waals surface area contributed by atoms with Crippen LogP contribution < -0.4 is 4.90 Å². The molecule has 2 aliphatic heterocycles. The Hall–Kier alpha value is -2.48. The van der Waals surface area contributed by atoms with Crippen molar-refractivity contribution in [3.63, 3.8) is 0 Å².